The van der Waals surface area contributed by atoms with Crippen LogP contribution in [-0.2, 0) is 9.53 Å². The molecule has 0 aromatic heterocycles. The lowest BCUT2D eigenvalue weighted by Gasteiger charge is -2.21. The Labute approximate surface area is 93.4 Å². The van der Waals surface area contributed by atoms with E-state index in [-0.39, 0.29) is 5.41 Å². The molecule has 0 radical (unpaired) electrons. The highest BCUT2D eigenvalue weighted by atomic mass is 16.5. The van der Waals surface area contributed by atoms with Crippen molar-refractivity contribution in [3.05, 3.63) is 0 Å². The van der Waals surface area contributed by atoms with E-state index in [1.54, 1.807) is 0 Å². The van der Waals surface area contributed by atoms with Gasteiger partial charge < -0.3 is 9.53 Å². The Kier molecular flexibility index (Phi) is 5.30. The summed E-state index contributed by atoms with van der Waals surface area (Å²) in [5.41, 5.74) is -0.126. The Balaban J connectivity index is 2.07. The number of carbonyl (C=O) groups is 1. The first-order valence-electron chi connectivity index (χ1n) is 6.28. The van der Waals surface area contributed by atoms with Crippen LogP contribution in [0.25, 0.3) is 0 Å². The lowest BCUT2D eigenvalue weighted by molar-refractivity contribution is -0.116. The van der Waals surface area contributed by atoms with Crippen LogP contribution in [0.15, 0.2) is 0 Å². The van der Waals surface area contributed by atoms with Crippen molar-refractivity contribution >= 4 is 6.29 Å². The van der Waals surface area contributed by atoms with E-state index in [4.69, 9.17) is 4.74 Å². The summed E-state index contributed by atoms with van der Waals surface area (Å²) < 4.78 is 5.77. The standard InChI is InChI=1S/C13H24O2/c1-3-13(2,11-14)9-6-10-15-12-7-4-5-8-12/h11-12H,3-10H2,1-2H3. The van der Waals surface area contributed by atoms with Crippen LogP contribution in [0.4, 0.5) is 0 Å². The van der Waals surface area contributed by atoms with Crippen molar-refractivity contribution < 1.29 is 9.53 Å². The summed E-state index contributed by atoms with van der Waals surface area (Å²) in [6, 6.07) is 0. The normalized spacial score (nSPS) is 21.5. The maximum absolute atomic E-state index is 10.9. The average Bonchev–Trinajstić information content (AvgIpc) is 2.77. The quantitative estimate of drug-likeness (QED) is 0.478. The van der Waals surface area contributed by atoms with Crippen molar-refractivity contribution in [2.75, 3.05) is 6.61 Å². The van der Waals surface area contributed by atoms with E-state index in [0.29, 0.717) is 6.10 Å². The van der Waals surface area contributed by atoms with Gasteiger partial charge in [-0.25, -0.2) is 0 Å². The number of hydrogen-bond donors (Lipinski definition) is 0. The van der Waals surface area contributed by atoms with Crippen LogP contribution in [0.3, 0.4) is 0 Å². The van der Waals surface area contributed by atoms with Crippen LogP contribution < -0.4 is 0 Å². The SMILES string of the molecule is CCC(C)(C=O)CCCOC1CCCC1. The predicted molar refractivity (Wildman–Crippen MR) is 61.9 cm³/mol. The third-order valence-corrected chi connectivity index (χ3v) is 3.64. The van der Waals surface area contributed by atoms with Gasteiger partial charge >= 0.3 is 0 Å². The molecule has 0 amide bonds. The molecule has 0 aromatic carbocycles. The van der Waals surface area contributed by atoms with E-state index in [1.807, 2.05) is 6.92 Å². The molecule has 2 nitrogen and oxygen atoms in total. The van der Waals surface area contributed by atoms with Crippen LogP contribution >= 0.6 is 0 Å². The molecule has 0 saturated heterocycles. The lowest BCUT2D eigenvalue weighted by atomic mass is 9.85. The summed E-state index contributed by atoms with van der Waals surface area (Å²) >= 11 is 0. The summed E-state index contributed by atoms with van der Waals surface area (Å²) in [7, 11) is 0. The fraction of sp³-hybridized carbons (Fsp3) is 0.923. The van der Waals surface area contributed by atoms with Crippen LogP contribution in [0, 0.1) is 5.41 Å². The van der Waals surface area contributed by atoms with Gasteiger partial charge in [0.1, 0.15) is 6.29 Å². The van der Waals surface area contributed by atoms with Gasteiger partial charge in [0, 0.05) is 12.0 Å². The molecule has 0 aliphatic heterocycles. The molecule has 1 unspecified atom stereocenters. The predicted octanol–water partition coefficient (Wildman–Crippen LogP) is 3.34. The van der Waals surface area contributed by atoms with E-state index >= 15 is 0 Å². The molecule has 1 rings (SSSR count). The van der Waals surface area contributed by atoms with E-state index in [2.05, 4.69) is 6.92 Å². The van der Waals surface area contributed by atoms with E-state index < -0.39 is 0 Å². The first-order chi connectivity index (χ1) is 7.20. The molecule has 0 heterocycles. The number of carbonyl (C=O) groups excluding carboxylic acids is 1. The number of aldehydes is 1. The van der Waals surface area contributed by atoms with E-state index in [1.165, 1.54) is 25.7 Å². The summed E-state index contributed by atoms with van der Waals surface area (Å²) in [5.74, 6) is 0. The second-order valence-electron chi connectivity index (χ2n) is 5.01. The molecule has 15 heavy (non-hydrogen) atoms. The van der Waals surface area contributed by atoms with Gasteiger partial charge in [-0.15, -0.1) is 0 Å². The molecular weight excluding hydrogens is 188 g/mol. The average molecular weight is 212 g/mol. The molecule has 0 aromatic rings. The molecule has 1 atom stereocenters. The fourth-order valence-electron chi connectivity index (χ4n) is 2.10. The minimum Gasteiger partial charge on any atom is -0.378 e. The Morgan fingerprint density at radius 3 is 2.60 bits per heavy atom. The second-order valence-corrected chi connectivity index (χ2v) is 5.01. The molecule has 1 fully saturated rings. The second kappa shape index (κ2) is 6.26. The van der Waals surface area contributed by atoms with Crippen LogP contribution in [-0.4, -0.2) is 19.0 Å². The first kappa shape index (κ1) is 12.7. The zero-order valence-electron chi connectivity index (χ0n) is 10.1. The monoisotopic (exact) mass is 212 g/mol. The van der Waals surface area contributed by atoms with Crippen molar-refractivity contribution in [1.82, 2.24) is 0 Å². The Morgan fingerprint density at radius 1 is 1.40 bits per heavy atom. The zero-order chi connectivity index (χ0) is 11.1. The van der Waals surface area contributed by atoms with Crippen molar-refractivity contribution in [3.8, 4) is 0 Å². The molecule has 2 heteroatoms. The first-order valence-corrected chi connectivity index (χ1v) is 6.28. The molecule has 1 saturated carbocycles. The minimum absolute atomic E-state index is 0.126. The minimum atomic E-state index is -0.126. The summed E-state index contributed by atoms with van der Waals surface area (Å²) in [6.07, 6.45) is 9.63. The van der Waals surface area contributed by atoms with Crippen LogP contribution in [0.2, 0.25) is 0 Å². The topological polar surface area (TPSA) is 26.3 Å². The van der Waals surface area contributed by atoms with Crippen LogP contribution in [0.5, 0.6) is 0 Å². The van der Waals surface area contributed by atoms with E-state index in [9.17, 15) is 4.79 Å². The fourth-order valence-corrected chi connectivity index (χ4v) is 2.10. The third kappa shape index (κ3) is 4.33. The maximum Gasteiger partial charge on any atom is 0.125 e. The van der Waals surface area contributed by atoms with Crippen molar-refractivity contribution in [2.24, 2.45) is 5.41 Å². The molecule has 88 valence electrons. The molecule has 1 aliphatic carbocycles. The Morgan fingerprint density at radius 2 is 2.07 bits per heavy atom. The van der Waals surface area contributed by atoms with Gasteiger partial charge in [0.25, 0.3) is 0 Å². The number of ether oxygens (including phenoxy) is 1. The largest absolute Gasteiger partial charge is 0.378 e. The molecule has 0 spiro atoms. The van der Waals surface area contributed by atoms with Gasteiger partial charge in [-0.3, -0.25) is 0 Å². The lowest BCUT2D eigenvalue weighted by Crippen LogP contribution is -2.18. The highest BCUT2D eigenvalue weighted by Gasteiger charge is 2.21. The van der Waals surface area contributed by atoms with Crippen molar-refractivity contribution in [2.45, 2.75) is 64.9 Å². The van der Waals surface area contributed by atoms with E-state index in [0.717, 1.165) is 32.2 Å². The molecular formula is C13H24O2. The van der Waals surface area contributed by atoms with Gasteiger partial charge in [-0.1, -0.05) is 26.7 Å². The Hall–Kier alpha value is -0.370. The molecule has 1 aliphatic rings. The van der Waals surface area contributed by atoms with Crippen molar-refractivity contribution in [1.29, 1.82) is 0 Å². The van der Waals surface area contributed by atoms with Crippen LogP contribution in [0.1, 0.15) is 58.8 Å². The van der Waals surface area contributed by atoms with Gasteiger partial charge in [-0.05, 0) is 32.1 Å². The number of rotatable bonds is 7. The molecule has 0 bridgehead atoms. The third-order valence-electron chi connectivity index (χ3n) is 3.64. The summed E-state index contributed by atoms with van der Waals surface area (Å²) in [4.78, 5) is 10.9. The summed E-state index contributed by atoms with van der Waals surface area (Å²) in [5, 5.41) is 0. The van der Waals surface area contributed by atoms with Gasteiger partial charge in [0.15, 0.2) is 0 Å². The zero-order valence-corrected chi connectivity index (χ0v) is 10.1. The van der Waals surface area contributed by atoms with Gasteiger partial charge in [0.2, 0.25) is 0 Å². The highest BCUT2D eigenvalue weighted by Crippen LogP contribution is 2.25. The maximum atomic E-state index is 10.9. The van der Waals surface area contributed by atoms with Crippen molar-refractivity contribution in [3.63, 3.8) is 0 Å². The van der Waals surface area contributed by atoms with Gasteiger partial charge in [-0.2, -0.15) is 0 Å². The highest BCUT2D eigenvalue weighted by molar-refractivity contribution is 5.58. The smallest absolute Gasteiger partial charge is 0.125 e. The Bertz CT molecular complexity index is 185. The summed E-state index contributed by atoms with van der Waals surface area (Å²) in [6.45, 7) is 4.94. The number of hydrogen-bond acceptors (Lipinski definition) is 2. The van der Waals surface area contributed by atoms with Gasteiger partial charge in [0.05, 0.1) is 6.10 Å². The molecule has 0 N–H and O–H groups in total.